The molecule has 0 saturated carbocycles. The third-order valence-corrected chi connectivity index (χ3v) is 2.96. The molecule has 0 amide bonds. The Morgan fingerprint density at radius 2 is 1.75 bits per heavy atom. The first-order chi connectivity index (χ1) is 9.63. The first kappa shape index (κ1) is 14.4. The van der Waals surface area contributed by atoms with Gasteiger partial charge in [-0.3, -0.25) is 4.79 Å². The lowest BCUT2D eigenvalue weighted by molar-refractivity contribution is -0.112. The molecular weight excluding hydrogens is 272 g/mol. The van der Waals surface area contributed by atoms with Crippen LogP contribution in [0, 0.1) is 0 Å². The summed E-state index contributed by atoms with van der Waals surface area (Å²) in [5, 5.41) is 0.718. The molecule has 0 spiro atoms. The Morgan fingerprint density at radius 3 is 2.35 bits per heavy atom. The van der Waals surface area contributed by atoms with Gasteiger partial charge in [-0.2, -0.15) is 0 Å². The van der Waals surface area contributed by atoms with E-state index in [4.69, 9.17) is 16.3 Å². The molecule has 2 rings (SSSR count). The van der Waals surface area contributed by atoms with Crippen LogP contribution in [0.1, 0.15) is 18.1 Å². The van der Waals surface area contributed by atoms with E-state index < -0.39 is 0 Å². The summed E-state index contributed by atoms with van der Waals surface area (Å²) in [6.45, 7) is 2.03. The van der Waals surface area contributed by atoms with Crippen molar-refractivity contribution in [1.29, 1.82) is 0 Å². The van der Waals surface area contributed by atoms with Gasteiger partial charge in [0, 0.05) is 5.02 Å². The molecule has 0 radical (unpaired) electrons. The van der Waals surface area contributed by atoms with Crippen molar-refractivity contribution >= 4 is 23.5 Å². The average molecular weight is 287 g/mol. The van der Waals surface area contributed by atoms with Crippen molar-refractivity contribution in [3.63, 3.8) is 0 Å². The van der Waals surface area contributed by atoms with Gasteiger partial charge in [0.15, 0.2) is 5.78 Å². The molecular formula is C17H15ClO2. The van der Waals surface area contributed by atoms with Crippen molar-refractivity contribution in [2.45, 2.75) is 13.5 Å². The highest BCUT2D eigenvalue weighted by Crippen LogP contribution is 2.16. The zero-order valence-electron chi connectivity index (χ0n) is 11.2. The molecule has 0 atom stereocenters. The lowest BCUT2D eigenvalue weighted by Crippen LogP contribution is -1.94. The van der Waals surface area contributed by atoms with Gasteiger partial charge in [0.2, 0.25) is 0 Å². The third kappa shape index (κ3) is 4.56. The van der Waals surface area contributed by atoms with E-state index in [1.165, 1.54) is 6.92 Å². The second-order valence-corrected chi connectivity index (χ2v) is 4.86. The van der Waals surface area contributed by atoms with E-state index in [-0.39, 0.29) is 5.78 Å². The van der Waals surface area contributed by atoms with Crippen LogP contribution in [0.4, 0.5) is 0 Å². The van der Waals surface area contributed by atoms with Crippen LogP contribution in [-0.2, 0) is 11.4 Å². The third-order valence-electron chi connectivity index (χ3n) is 2.71. The van der Waals surface area contributed by atoms with Crippen LogP contribution in [-0.4, -0.2) is 5.78 Å². The Kier molecular flexibility index (Phi) is 4.97. The van der Waals surface area contributed by atoms with Crippen molar-refractivity contribution < 1.29 is 9.53 Å². The maximum absolute atomic E-state index is 10.8. The first-order valence-corrected chi connectivity index (χ1v) is 6.67. The minimum absolute atomic E-state index is 0.0352. The van der Waals surface area contributed by atoms with Crippen molar-refractivity contribution in [2.75, 3.05) is 0 Å². The van der Waals surface area contributed by atoms with E-state index in [1.807, 2.05) is 48.5 Å². The summed E-state index contributed by atoms with van der Waals surface area (Å²) in [6, 6.07) is 15.2. The van der Waals surface area contributed by atoms with E-state index in [0.717, 1.165) is 21.9 Å². The molecule has 2 aromatic carbocycles. The lowest BCUT2D eigenvalue weighted by atomic mass is 10.2. The smallest absolute Gasteiger partial charge is 0.152 e. The highest BCUT2D eigenvalue weighted by molar-refractivity contribution is 6.30. The van der Waals surface area contributed by atoms with Crippen LogP contribution in [0.15, 0.2) is 54.6 Å². The molecule has 2 aromatic rings. The maximum atomic E-state index is 10.8. The highest BCUT2D eigenvalue weighted by Gasteiger charge is 1.97. The van der Waals surface area contributed by atoms with Gasteiger partial charge in [-0.25, -0.2) is 0 Å². The largest absolute Gasteiger partial charge is 0.489 e. The topological polar surface area (TPSA) is 26.3 Å². The fourth-order valence-electron chi connectivity index (χ4n) is 1.64. The van der Waals surface area contributed by atoms with Crippen LogP contribution in [0.2, 0.25) is 5.02 Å². The van der Waals surface area contributed by atoms with Gasteiger partial charge in [0.25, 0.3) is 0 Å². The SMILES string of the molecule is CC(=O)/C=C/c1ccc(OCc2ccc(Cl)cc2)cc1. The molecule has 20 heavy (non-hydrogen) atoms. The molecule has 0 unspecified atom stereocenters. The summed E-state index contributed by atoms with van der Waals surface area (Å²) in [7, 11) is 0. The van der Waals surface area contributed by atoms with Crippen molar-refractivity contribution in [2.24, 2.45) is 0 Å². The van der Waals surface area contributed by atoms with E-state index in [9.17, 15) is 4.79 Å². The zero-order valence-corrected chi connectivity index (χ0v) is 11.9. The Balaban J connectivity index is 1.93. The maximum Gasteiger partial charge on any atom is 0.152 e. The molecule has 0 aromatic heterocycles. The molecule has 0 aliphatic heterocycles. The number of rotatable bonds is 5. The first-order valence-electron chi connectivity index (χ1n) is 6.29. The number of benzene rings is 2. The molecule has 0 saturated heterocycles. The summed E-state index contributed by atoms with van der Waals surface area (Å²) < 4.78 is 5.68. The summed E-state index contributed by atoms with van der Waals surface area (Å²) in [4.78, 5) is 10.8. The lowest BCUT2D eigenvalue weighted by Gasteiger charge is -2.06. The standard InChI is InChI=1S/C17H15ClO2/c1-13(19)2-3-14-6-10-17(11-7-14)20-12-15-4-8-16(18)9-5-15/h2-11H,12H2,1H3/b3-2+. The predicted octanol–water partition coefficient (Wildman–Crippen LogP) is 4.52. The Morgan fingerprint density at radius 1 is 1.10 bits per heavy atom. The van der Waals surface area contributed by atoms with Gasteiger partial charge in [-0.1, -0.05) is 41.9 Å². The van der Waals surface area contributed by atoms with Gasteiger partial charge in [-0.15, -0.1) is 0 Å². The number of carbonyl (C=O) groups is 1. The predicted molar refractivity (Wildman–Crippen MR) is 81.9 cm³/mol. The van der Waals surface area contributed by atoms with Crippen LogP contribution in [0.3, 0.4) is 0 Å². The number of halogens is 1. The molecule has 102 valence electrons. The fourth-order valence-corrected chi connectivity index (χ4v) is 1.76. The van der Waals surface area contributed by atoms with Gasteiger partial charge in [-0.05, 0) is 48.4 Å². The number of hydrogen-bond acceptors (Lipinski definition) is 2. The van der Waals surface area contributed by atoms with Crippen molar-refractivity contribution in [1.82, 2.24) is 0 Å². The Bertz CT molecular complexity index is 598. The Labute approximate surface area is 123 Å². The second kappa shape index (κ2) is 6.92. The van der Waals surface area contributed by atoms with Crippen LogP contribution in [0.25, 0.3) is 6.08 Å². The van der Waals surface area contributed by atoms with Crippen LogP contribution in [0.5, 0.6) is 5.75 Å². The molecule has 3 heteroatoms. The molecule has 0 N–H and O–H groups in total. The van der Waals surface area contributed by atoms with E-state index in [0.29, 0.717) is 6.61 Å². The summed E-state index contributed by atoms with van der Waals surface area (Å²) in [6.07, 6.45) is 3.33. The fraction of sp³-hybridized carbons (Fsp3) is 0.118. The number of carbonyl (C=O) groups excluding carboxylic acids is 1. The number of ketones is 1. The highest BCUT2D eigenvalue weighted by atomic mass is 35.5. The quantitative estimate of drug-likeness (QED) is 0.755. The van der Waals surface area contributed by atoms with Crippen LogP contribution < -0.4 is 4.74 Å². The zero-order chi connectivity index (χ0) is 14.4. The van der Waals surface area contributed by atoms with Gasteiger partial charge < -0.3 is 4.74 Å². The van der Waals surface area contributed by atoms with Crippen LogP contribution >= 0.6 is 11.6 Å². The van der Waals surface area contributed by atoms with Crippen molar-refractivity contribution in [3.05, 3.63) is 70.8 Å². The Hall–Kier alpha value is -2.06. The van der Waals surface area contributed by atoms with Crippen molar-refractivity contribution in [3.8, 4) is 5.75 Å². The average Bonchev–Trinajstić information content (AvgIpc) is 2.45. The van der Waals surface area contributed by atoms with Gasteiger partial charge >= 0.3 is 0 Å². The van der Waals surface area contributed by atoms with Gasteiger partial charge in [0.05, 0.1) is 0 Å². The molecule has 0 bridgehead atoms. The summed E-state index contributed by atoms with van der Waals surface area (Å²) in [5.74, 6) is 0.827. The molecule has 0 aliphatic rings. The van der Waals surface area contributed by atoms with E-state index in [2.05, 4.69) is 0 Å². The minimum atomic E-state index is 0.0352. The molecule has 0 fully saturated rings. The number of ether oxygens (including phenoxy) is 1. The number of allylic oxidation sites excluding steroid dienone is 1. The summed E-state index contributed by atoms with van der Waals surface area (Å²) in [5.41, 5.74) is 2.04. The molecule has 0 aliphatic carbocycles. The number of hydrogen-bond donors (Lipinski definition) is 0. The normalized spacial score (nSPS) is 10.7. The monoisotopic (exact) mass is 286 g/mol. The molecule has 2 nitrogen and oxygen atoms in total. The van der Waals surface area contributed by atoms with E-state index in [1.54, 1.807) is 12.2 Å². The molecule has 0 heterocycles. The second-order valence-electron chi connectivity index (χ2n) is 4.43. The minimum Gasteiger partial charge on any atom is -0.489 e. The summed E-state index contributed by atoms with van der Waals surface area (Å²) >= 11 is 5.83. The van der Waals surface area contributed by atoms with E-state index >= 15 is 0 Å². The van der Waals surface area contributed by atoms with Gasteiger partial charge in [0.1, 0.15) is 12.4 Å².